The Labute approximate surface area is 188 Å². The van der Waals surface area contributed by atoms with Gasteiger partial charge >= 0.3 is 6.03 Å². The SMILES string of the molecule is CN(C)S(=O)(=O)c1ccc(OCCN2C(=O)NC3(CCCCc4ccccc43)C2=O)cc1. The van der Waals surface area contributed by atoms with Gasteiger partial charge in [0.1, 0.15) is 17.9 Å². The van der Waals surface area contributed by atoms with Crippen LogP contribution in [-0.2, 0) is 26.8 Å². The van der Waals surface area contributed by atoms with Crippen molar-refractivity contribution < 1.29 is 22.7 Å². The monoisotopic (exact) mass is 457 g/mol. The smallest absolute Gasteiger partial charge is 0.325 e. The van der Waals surface area contributed by atoms with Crippen molar-refractivity contribution >= 4 is 22.0 Å². The molecule has 0 radical (unpaired) electrons. The molecular weight excluding hydrogens is 430 g/mol. The van der Waals surface area contributed by atoms with Gasteiger partial charge < -0.3 is 10.1 Å². The molecule has 0 aromatic heterocycles. The number of nitrogens with one attached hydrogen (secondary N) is 1. The lowest BCUT2D eigenvalue weighted by Gasteiger charge is -2.27. The van der Waals surface area contributed by atoms with Crippen LogP contribution in [0.5, 0.6) is 5.75 Å². The Kier molecular flexibility index (Phi) is 5.96. The Balaban J connectivity index is 1.44. The van der Waals surface area contributed by atoms with Gasteiger partial charge in [-0.1, -0.05) is 24.3 Å². The number of hydrogen-bond donors (Lipinski definition) is 1. The van der Waals surface area contributed by atoms with Gasteiger partial charge in [0.15, 0.2) is 0 Å². The van der Waals surface area contributed by atoms with Crippen LogP contribution in [0.15, 0.2) is 53.4 Å². The Bertz CT molecular complexity index is 1130. The van der Waals surface area contributed by atoms with Gasteiger partial charge in [0.2, 0.25) is 10.0 Å². The van der Waals surface area contributed by atoms with E-state index in [1.54, 1.807) is 12.1 Å². The summed E-state index contributed by atoms with van der Waals surface area (Å²) in [5.74, 6) is 0.220. The van der Waals surface area contributed by atoms with Crippen molar-refractivity contribution in [3.8, 4) is 5.75 Å². The predicted octanol–water partition coefficient (Wildman–Crippen LogP) is 2.49. The molecule has 0 saturated carbocycles. The highest BCUT2D eigenvalue weighted by Crippen LogP contribution is 2.38. The Morgan fingerprint density at radius 1 is 1.06 bits per heavy atom. The van der Waals surface area contributed by atoms with E-state index in [2.05, 4.69) is 5.32 Å². The molecule has 1 heterocycles. The van der Waals surface area contributed by atoms with Crippen LogP contribution in [0.1, 0.15) is 30.4 Å². The number of sulfonamides is 1. The molecule has 2 aliphatic rings. The summed E-state index contributed by atoms with van der Waals surface area (Å²) in [7, 11) is -0.574. The molecule has 1 fully saturated rings. The number of carbonyl (C=O) groups excluding carboxylic acids is 2. The van der Waals surface area contributed by atoms with Crippen molar-refractivity contribution in [3.63, 3.8) is 0 Å². The molecule has 1 unspecified atom stereocenters. The zero-order chi connectivity index (χ0) is 22.9. The van der Waals surface area contributed by atoms with Gasteiger partial charge in [-0.2, -0.15) is 0 Å². The second kappa shape index (κ2) is 8.55. The van der Waals surface area contributed by atoms with Crippen LogP contribution in [0.2, 0.25) is 0 Å². The largest absolute Gasteiger partial charge is 0.492 e. The minimum Gasteiger partial charge on any atom is -0.492 e. The van der Waals surface area contributed by atoms with E-state index in [9.17, 15) is 18.0 Å². The minimum atomic E-state index is -3.51. The third-order valence-electron chi connectivity index (χ3n) is 6.09. The van der Waals surface area contributed by atoms with E-state index in [-0.39, 0.29) is 24.0 Å². The second-order valence-electron chi connectivity index (χ2n) is 8.26. The van der Waals surface area contributed by atoms with Crippen molar-refractivity contribution in [1.82, 2.24) is 14.5 Å². The molecular formula is C23H27N3O5S. The van der Waals surface area contributed by atoms with E-state index < -0.39 is 21.6 Å². The number of urea groups is 1. The molecule has 3 amide bonds. The number of rotatable bonds is 6. The van der Waals surface area contributed by atoms with Crippen LogP contribution in [0.25, 0.3) is 0 Å². The van der Waals surface area contributed by atoms with Gasteiger partial charge in [-0.3, -0.25) is 9.69 Å². The zero-order valence-corrected chi connectivity index (χ0v) is 19.0. The lowest BCUT2D eigenvalue weighted by Crippen LogP contribution is -2.44. The molecule has 1 spiro atoms. The van der Waals surface area contributed by atoms with Crippen molar-refractivity contribution in [2.45, 2.75) is 36.1 Å². The lowest BCUT2D eigenvalue weighted by molar-refractivity contribution is -0.132. The first-order valence-electron chi connectivity index (χ1n) is 10.6. The molecule has 9 heteroatoms. The topological polar surface area (TPSA) is 96.0 Å². The highest BCUT2D eigenvalue weighted by molar-refractivity contribution is 7.89. The van der Waals surface area contributed by atoms with Gasteiger partial charge in [-0.05, 0) is 61.1 Å². The van der Waals surface area contributed by atoms with E-state index in [4.69, 9.17) is 4.74 Å². The van der Waals surface area contributed by atoms with Crippen molar-refractivity contribution in [1.29, 1.82) is 0 Å². The van der Waals surface area contributed by atoms with Gasteiger partial charge in [0.25, 0.3) is 5.91 Å². The maximum absolute atomic E-state index is 13.4. The fourth-order valence-electron chi connectivity index (χ4n) is 4.35. The number of imide groups is 1. The molecule has 1 aliphatic carbocycles. The number of ether oxygens (including phenoxy) is 1. The third kappa shape index (κ3) is 3.86. The maximum Gasteiger partial charge on any atom is 0.325 e. The van der Waals surface area contributed by atoms with Gasteiger partial charge in [-0.25, -0.2) is 17.5 Å². The van der Waals surface area contributed by atoms with Crippen LogP contribution >= 0.6 is 0 Å². The Morgan fingerprint density at radius 3 is 2.50 bits per heavy atom. The molecule has 2 aromatic carbocycles. The molecule has 1 saturated heterocycles. The summed E-state index contributed by atoms with van der Waals surface area (Å²) >= 11 is 0. The fourth-order valence-corrected chi connectivity index (χ4v) is 5.25. The fraction of sp³-hybridized carbons (Fsp3) is 0.391. The lowest BCUT2D eigenvalue weighted by atomic mass is 9.84. The van der Waals surface area contributed by atoms with E-state index in [1.165, 1.54) is 31.1 Å². The van der Waals surface area contributed by atoms with Gasteiger partial charge in [0, 0.05) is 14.1 Å². The molecule has 32 heavy (non-hydrogen) atoms. The maximum atomic E-state index is 13.4. The molecule has 8 nitrogen and oxygen atoms in total. The van der Waals surface area contributed by atoms with E-state index in [0.29, 0.717) is 12.2 Å². The van der Waals surface area contributed by atoms with Crippen LogP contribution in [0, 0.1) is 0 Å². The molecule has 1 atom stereocenters. The van der Waals surface area contributed by atoms with Crippen LogP contribution in [0.4, 0.5) is 4.79 Å². The first-order chi connectivity index (χ1) is 15.3. The van der Waals surface area contributed by atoms with Gasteiger partial charge in [-0.15, -0.1) is 0 Å². The highest BCUT2D eigenvalue weighted by atomic mass is 32.2. The number of aryl methyl sites for hydroxylation is 1. The summed E-state index contributed by atoms with van der Waals surface area (Å²) in [6.45, 7) is 0.211. The van der Waals surface area contributed by atoms with Gasteiger partial charge in [0.05, 0.1) is 11.4 Å². The number of carbonyl (C=O) groups is 2. The summed E-state index contributed by atoms with van der Waals surface area (Å²) in [5.41, 5.74) is 0.980. The molecule has 4 rings (SSSR count). The van der Waals surface area contributed by atoms with Crippen molar-refractivity contribution in [3.05, 3.63) is 59.7 Å². The second-order valence-corrected chi connectivity index (χ2v) is 10.4. The normalized spacial score (nSPS) is 20.9. The number of nitrogens with zero attached hydrogens (tertiary/aromatic N) is 2. The van der Waals surface area contributed by atoms with E-state index >= 15 is 0 Å². The first-order valence-corrected chi connectivity index (χ1v) is 12.1. The predicted molar refractivity (Wildman–Crippen MR) is 119 cm³/mol. The van der Waals surface area contributed by atoms with E-state index in [0.717, 1.165) is 34.7 Å². The van der Waals surface area contributed by atoms with Crippen molar-refractivity contribution in [2.75, 3.05) is 27.2 Å². The van der Waals surface area contributed by atoms with E-state index in [1.807, 2.05) is 24.3 Å². The quantitative estimate of drug-likeness (QED) is 0.673. The minimum absolute atomic E-state index is 0.104. The standard InChI is InChI=1S/C23H27N3O5S/c1-25(2)32(29,30)19-12-10-18(11-13-19)31-16-15-26-21(27)23(24-22(26)28)14-6-5-8-17-7-3-4-9-20(17)23/h3-4,7,9-13H,5-6,8,14-16H2,1-2H3,(H,24,28). The average Bonchev–Trinajstić information content (AvgIpc) is 2.91. The van der Waals surface area contributed by atoms with Crippen LogP contribution in [-0.4, -0.2) is 56.8 Å². The summed E-state index contributed by atoms with van der Waals surface area (Å²) in [6.07, 6.45) is 3.30. The molecule has 170 valence electrons. The number of amides is 3. The number of benzene rings is 2. The molecule has 1 N–H and O–H groups in total. The Morgan fingerprint density at radius 2 is 1.78 bits per heavy atom. The molecule has 2 aromatic rings. The Hall–Kier alpha value is -2.91. The average molecular weight is 458 g/mol. The van der Waals surface area contributed by atoms with Crippen LogP contribution in [0.3, 0.4) is 0 Å². The van der Waals surface area contributed by atoms with Crippen LogP contribution < -0.4 is 10.1 Å². The molecule has 0 bridgehead atoms. The number of fused-ring (bicyclic) bond motifs is 2. The third-order valence-corrected chi connectivity index (χ3v) is 7.92. The summed E-state index contributed by atoms with van der Waals surface area (Å²) in [6, 6.07) is 13.5. The zero-order valence-electron chi connectivity index (χ0n) is 18.2. The van der Waals surface area contributed by atoms with Crippen molar-refractivity contribution in [2.24, 2.45) is 0 Å². The summed E-state index contributed by atoms with van der Waals surface area (Å²) in [5, 5.41) is 2.96. The molecule has 1 aliphatic heterocycles. The first kappa shape index (κ1) is 22.3. The summed E-state index contributed by atoms with van der Waals surface area (Å²) in [4.78, 5) is 27.5. The highest BCUT2D eigenvalue weighted by Gasteiger charge is 2.53. The summed E-state index contributed by atoms with van der Waals surface area (Å²) < 4.78 is 31.1. The number of hydrogen-bond acceptors (Lipinski definition) is 5.